The molecule has 0 spiro atoms. The molecule has 0 bridgehead atoms. The van der Waals surface area contributed by atoms with Crippen LogP contribution < -0.4 is 0 Å². The largest absolute Gasteiger partial charge is 0.0970 e. The zero-order valence-corrected chi connectivity index (χ0v) is 9.61. The van der Waals surface area contributed by atoms with Crippen molar-refractivity contribution in [2.75, 3.05) is 5.33 Å². The molecule has 68 valence electrons. The molecule has 0 amide bonds. The van der Waals surface area contributed by atoms with Gasteiger partial charge in [-0.2, -0.15) is 0 Å². The van der Waals surface area contributed by atoms with Crippen LogP contribution in [-0.4, -0.2) is 5.33 Å². The number of hydrogen-bond donors (Lipinski definition) is 0. The van der Waals surface area contributed by atoms with E-state index >= 15 is 0 Å². The van der Waals surface area contributed by atoms with Gasteiger partial charge in [0.2, 0.25) is 0 Å². The first-order valence-electron chi connectivity index (χ1n) is 4.36. The van der Waals surface area contributed by atoms with Crippen LogP contribution in [0.5, 0.6) is 0 Å². The van der Waals surface area contributed by atoms with E-state index in [0.717, 1.165) is 11.8 Å². The highest BCUT2D eigenvalue weighted by atomic mass is 79.9. The Morgan fingerprint density at radius 3 is 2.38 bits per heavy atom. The van der Waals surface area contributed by atoms with E-state index < -0.39 is 0 Å². The number of halogens is 1. The molecule has 0 unspecified atom stereocenters. The van der Waals surface area contributed by atoms with Crippen molar-refractivity contribution in [2.24, 2.45) is 0 Å². The number of hydrogen-bond acceptors (Lipinski definition) is 0. The minimum absolute atomic E-state index is 0.910. The van der Waals surface area contributed by atoms with E-state index in [1.807, 2.05) is 0 Å². The lowest BCUT2D eigenvalue weighted by molar-refractivity contribution is 1.30. The van der Waals surface area contributed by atoms with Gasteiger partial charge in [0.05, 0.1) is 0 Å². The zero-order valence-electron chi connectivity index (χ0n) is 8.02. The topological polar surface area (TPSA) is 0 Å². The normalized spacial score (nSPS) is 9.15. The van der Waals surface area contributed by atoms with E-state index in [2.05, 4.69) is 59.8 Å². The Kier molecular flexibility index (Phi) is 4.05. The molecule has 0 saturated carbocycles. The molecular formula is C12H13Br. The molecule has 0 aromatic heterocycles. The molecule has 0 aliphatic rings. The molecule has 13 heavy (non-hydrogen) atoms. The Labute approximate surface area is 88.5 Å². The van der Waals surface area contributed by atoms with Gasteiger partial charge in [-0.3, -0.25) is 0 Å². The van der Waals surface area contributed by atoms with Crippen molar-refractivity contribution in [1.82, 2.24) is 0 Å². The second-order valence-electron chi connectivity index (χ2n) is 3.01. The third-order valence-corrected chi connectivity index (χ3v) is 2.31. The van der Waals surface area contributed by atoms with Crippen LogP contribution >= 0.6 is 15.9 Å². The quantitative estimate of drug-likeness (QED) is 0.518. The molecular weight excluding hydrogens is 224 g/mol. The molecule has 1 heteroatoms. The molecule has 0 atom stereocenters. The molecule has 0 aliphatic carbocycles. The van der Waals surface area contributed by atoms with Crippen LogP contribution in [-0.2, 0) is 0 Å². The molecule has 1 aromatic rings. The standard InChI is InChI=1S/C12H13Br/c1-10-6-5-7-11(2)12(10)8-3-4-9-13/h5-7H,4,9H2,1-2H3. The molecule has 1 rings (SSSR count). The second-order valence-corrected chi connectivity index (χ2v) is 3.80. The first-order valence-corrected chi connectivity index (χ1v) is 5.49. The smallest absolute Gasteiger partial charge is 0.0303 e. The van der Waals surface area contributed by atoms with Gasteiger partial charge >= 0.3 is 0 Å². The molecule has 0 N–H and O–H groups in total. The summed E-state index contributed by atoms with van der Waals surface area (Å²) in [6, 6.07) is 6.27. The highest BCUT2D eigenvalue weighted by molar-refractivity contribution is 9.09. The fourth-order valence-corrected chi connectivity index (χ4v) is 1.41. The lowest BCUT2D eigenvalue weighted by Gasteiger charge is -2.00. The lowest BCUT2D eigenvalue weighted by atomic mass is 10.0. The van der Waals surface area contributed by atoms with Crippen LogP contribution in [0, 0.1) is 25.7 Å². The SMILES string of the molecule is Cc1cccc(C)c1C#CCCBr. The van der Waals surface area contributed by atoms with E-state index in [4.69, 9.17) is 0 Å². The maximum atomic E-state index is 3.36. The summed E-state index contributed by atoms with van der Waals surface area (Å²) in [6.07, 6.45) is 0.910. The first-order chi connectivity index (χ1) is 6.25. The third kappa shape index (κ3) is 2.90. The Balaban J connectivity index is 2.95. The zero-order chi connectivity index (χ0) is 9.68. The van der Waals surface area contributed by atoms with E-state index in [9.17, 15) is 0 Å². The molecule has 0 radical (unpaired) electrons. The first kappa shape index (κ1) is 10.3. The van der Waals surface area contributed by atoms with Crippen LogP contribution in [0.25, 0.3) is 0 Å². The third-order valence-electron chi connectivity index (χ3n) is 1.91. The van der Waals surface area contributed by atoms with Crippen molar-refractivity contribution in [1.29, 1.82) is 0 Å². The van der Waals surface area contributed by atoms with Gasteiger partial charge in [0.15, 0.2) is 0 Å². The summed E-state index contributed by atoms with van der Waals surface area (Å²) < 4.78 is 0. The highest BCUT2D eigenvalue weighted by Crippen LogP contribution is 2.11. The molecule has 0 fully saturated rings. The molecule has 1 aromatic carbocycles. The number of rotatable bonds is 1. The molecule has 0 saturated heterocycles. The van der Waals surface area contributed by atoms with Gasteiger partial charge < -0.3 is 0 Å². The van der Waals surface area contributed by atoms with Crippen LogP contribution in [0.15, 0.2) is 18.2 Å². The molecule has 0 nitrogen and oxygen atoms in total. The summed E-state index contributed by atoms with van der Waals surface area (Å²) in [5, 5.41) is 0.949. The highest BCUT2D eigenvalue weighted by Gasteiger charge is 1.96. The number of aryl methyl sites for hydroxylation is 2. The van der Waals surface area contributed by atoms with E-state index in [1.165, 1.54) is 16.7 Å². The van der Waals surface area contributed by atoms with Crippen LogP contribution in [0.2, 0.25) is 0 Å². The van der Waals surface area contributed by atoms with Crippen molar-refractivity contribution in [3.05, 3.63) is 34.9 Å². The summed E-state index contributed by atoms with van der Waals surface area (Å²) in [6.45, 7) is 4.20. The maximum absolute atomic E-state index is 3.36. The molecule has 0 heterocycles. The van der Waals surface area contributed by atoms with E-state index in [-0.39, 0.29) is 0 Å². The van der Waals surface area contributed by atoms with Gasteiger partial charge in [0, 0.05) is 17.3 Å². The summed E-state index contributed by atoms with van der Waals surface area (Å²) in [4.78, 5) is 0. The Bertz CT molecular complexity index is 322. The Hall–Kier alpha value is -0.740. The fourth-order valence-electron chi connectivity index (χ4n) is 1.21. The summed E-state index contributed by atoms with van der Waals surface area (Å²) in [7, 11) is 0. The minimum Gasteiger partial charge on any atom is -0.0970 e. The van der Waals surface area contributed by atoms with Crippen molar-refractivity contribution in [3.63, 3.8) is 0 Å². The minimum atomic E-state index is 0.910. The fraction of sp³-hybridized carbons (Fsp3) is 0.333. The van der Waals surface area contributed by atoms with Crippen LogP contribution in [0.1, 0.15) is 23.1 Å². The number of benzene rings is 1. The Morgan fingerprint density at radius 1 is 1.23 bits per heavy atom. The van der Waals surface area contributed by atoms with Gasteiger partial charge in [-0.25, -0.2) is 0 Å². The summed E-state index contributed by atoms with van der Waals surface area (Å²) in [5.41, 5.74) is 3.72. The average Bonchev–Trinajstić information content (AvgIpc) is 2.10. The average molecular weight is 237 g/mol. The van der Waals surface area contributed by atoms with Crippen molar-refractivity contribution >= 4 is 15.9 Å². The monoisotopic (exact) mass is 236 g/mol. The second kappa shape index (κ2) is 5.09. The maximum Gasteiger partial charge on any atom is 0.0303 e. The lowest BCUT2D eigenvalue weighted by Crippen LogP contribution is -1.86. The Morgan fingerprint density at radius 2 is 1.85 bits per heavy atom. The van der Waals surface area contributed by atoms with Gasteiger partial charge in [-0.1, -0.05) is 46.0 Å². The van der Waals surface area contributed by atoms with Gasteiger partial charge in [-0.05, 0) is 25.0 Å². The predicted octanol–water partition coefficient (Wildman–Crippen LogP) is 3.44. The van der Waals surface area contributed by atoms with E-state index in [1.54, 1.807) is 0 Å². The van der Waals surface area contributed by atoms with Gasteiger partial charge in [0.25, 0.3) is 0 Å². The predicted molar refractivity (Wildman–Crippen MR) is 61.2 cm³/mol. The molecule has 0 aliphatic heterocycles. The van der Waals surface area contributed by atoms with Crippen molar-refractivity contribution < 1.29 is 0 Å². The van der Waals surface area contributed by atoms with Gasteiger partial charge in [-0.15, -0.1) is 0 Å². The van der Waals surface area contributed by atoms with E-state index in [0.29, 0.717) is 0 Å². The van der Waals surface area contributed by atoms with Crippen molar-refractivity contribution in [3.8, 4) is 11.8 Å². The number of alkyl halides is 1. The van der Waals surface area contributed by atoms with Crippen molar-refractivity contribution in [2.45, 2.75) is 20.3 Å². The van der Waals surface area contributed by atoms with Crippen LogP contribution in [0.3, 0.4) is 0 Å². The summed E-state index contributed by atoms with van der Waals surface area (Å²) >= 11 is 3.36. The van der Waals surface area contributed by atoms with Crippen LogP contribution in [0.4, 0.5) is 0 Å². The van der Waals surface area contributed by atoms with Gasteiger partial charge in [0.1, 0.15) is 0 Å². The summed E-state index contributed by atoms with van der Waals surface area (Å²) in [5.74, 6) is 6.34.